The lowest BCUT2D eigenvalue weighted by Crippen LogP contribution is -2.28. The minimum absolute atomic E-state index is 0.267. The minimum Gasteiger partial charge on any atom is -0.379 e. The number of hydrogen-bond acceptors (Lipinski definition) is 3. The molecule has 2 unspecified atom stereocenters. The van der Waals surface area contributed by atoms with Crippen LogP contribution in [-0.2, 0) is 15.9 Å². The van der Waals surface area contributed by atoms with Crippen molar-refractivity contribution in [2.75, 3.05) is 26.4 Å². The van der Waals surface area contributed by atoms with E-state index in [1.165, 1.54) is 11.1 Å². The third-order valence-electron chi connectivity index (χ3n) is 3.86. The summed E-state index contributed by atoms with van der Waals surface area (Å²) in [6.07, 6.45) is 2.43. The Morgan fingerprint density at radius 2 is 2.05 bits per heavy atom. The summed E-state index contributed by atoms with van der Waals surface area (Å²) in [5.74, 6) is 0.700. The number of ether oxygens (including phenoxy) is 2. The minimum atomic E-state index is 0.267. The van der Waals surface area contributed by atoms with Gasteiger partial charge in [-0.05, 0) is 36.4 Å². The summed E-state index contributed by atoms with van der Waals surface area (Å²) in [7, 11) is 0. The van der Waals surface area contributed by atoms with Gasteiger partial charge in [-0.3, -0.25) is 0 Å². The highest BCUT2D eigenvalue weighted by Crippen LogP contribution is 2.18. The first kappa shape index (κ1) is 16.5. The SMILES string of the molecule is CCNC(COC1CCOC1)c1ccc(CC(C)C)cc1. The van der Waals surface area contributed by atoms with Crippen molar-refractivity contribution in [3.05, 3.63) is 35.4 Å². The lowest BCUT2D eigenvalue weighted by Gasteiger charge is -2.21. The van der Waals surface area contributed by atoms with Crippen LogP contribution >= 0.6 is 0 Å². The predicted molar refractivity (Wildman–Crippen MR) is 86.6 cm³/mol. The van der Waals surface area contributed by atoms with Crippen molar-refractivity contribution in [1.29, 1.82) is 0 Å². The first-order valence-corrected chi connectivity index (χ1v) is 8.20. The number of hydrogen-bond donors (Lipinski definition) is 1. The molecule has 21 heavy (non-hydrogen) atoms. The van der Waals surface area contributed by atoms with Gasteiger partial charge in [0.1, 0.15) is 0 Å². The van der Waals surface area contributed by atoms with Gasteiger partial charge in [-0.1, -0.05) is 45.0 Å². The summed E-state index contributed by atoms with van der Waals surface area (Å²) in [6, 6.07) is 9.24. The fourth-order valence-corrected chi connectivity index (χ4v) is 2.75. The van der Waals surface area contributed by atoms with E-state index in [-0.39, 0.29) is 12.1 Å². The van der Waals surface area contributed by atoms with E-state index in [9.17, 15) is 0 Å². The van der Waals surface area contributed by atoms with E-state index in [0.717, 1.165) is 32.6 Å². The second-order valence-electron chi connectivity index (χ2n) is 6.27. The van der Waals surface area contributed by atoms with Crippen LogP contribution in [0.4, 0.5) is 0 Å². The molecule has 1 aliphatic rings. The van der Waals surface area contributed by atoms with Crippen LogP contribution in [0, 0.1) is 5.92 Å². The van der Waals surface area contributed by atoms with Crippen molar-refractivity contribution in [3.63, 3.8) is 0 Å². The summed E-state index contributed by atoms with van der Waals surface area (Å²) in [5, 5.41) is 3.52. The molecular weight excluding hydrogens is 262 g/mol. The number of benzene rings is 1. The Balaban J connectivity index is 1.92. The Hall–Kier alpha value is -0.900. The molecule has 1 aliphatic heterocycles. The summed E-state index contributed by atoms with van der Waals surface area (Å²) < 4.78 is 11.3. The van der Waals surface area contributed by atoms with E-state index in [1.54, 1.807) is 0 Å². The van der Waals surface area contributed by atoms with Crippen molar-refractivity contribution in [2.24, 2.45) is 5.92 Å². The first-order chi connectivity index (χ1) is 10.2. The summed E-state index contributed by atoms with van der Waals surface area (Å²) >= 11 is 0. The van der Waals surface area contributed by atoms with Gasteiger partial charge >= 0.3 is 0 Å². The van der Waals surface area contributed by atoms with Crippen LogP contribution in [0.25, 0.3) is 0 Å². The maximum absolute atomic E-state index is 5.98. The fraction of sp³-hybridized carbons (Fsp3) is 0.667. The van der Waals surface area contributed by atoms with Crippen molar-refractivity contribution in [1.82, 2.24) is 5.32 Å². The second-order valence-corrected chi connectivity index (χ2v) is 6.27. The van der Waals surface area contributed by atoms with E-state index in [2.05, 4.69) is 50.4 Å². The van der Waals surface area contributed by atoms with E-state index in [4.69, 9.17) is 9.47 Å². The Kier molecular flexibility index (Phi) is 6.68. The number of likely N-dealkylation sites (N-methyl/N-ethyl adjacent to an activating group) is 1. The molecule has 3 nitrogen and oxygen atoms in total. The molecular formula is C18H29NO2. The largest absolute Gasteiger partial charge is 0.379 e. The van der Waals surface area contributed by atoms with Crippen molar-refractivity contribution >= 4 is 0 Å². The quantitative estimate of drug-likeness (QED) is 0.797. The Morgan fingerprint density at radius 3 is 2.62 bits per heavy atom. The number of rotatable bonds is 8. The molecule has 3 heteroatoms. The molecule has 1 aromatic carbocycles. The summed E-state index contributed by atoms with van der Waals surface area (Å²) in [6.45, 7) is 9.89. The van der Waals surface area contributed by atoms with Crippen LogP contribution in [0.3, 0.4) is 0 Å². The van der Waals surface area contributed by atoms with Gasteiger partial charge in [0, 0.05) is 6.61 Å². The summed E-state index contributed by atoms with van der Waals surface area (Å²) in [5.41, 5.74) is 2.72. The second kappa shape index (κ2) is 8.52. The molecule has 0 aliphatic carbocycles. The maximum Gasteiger partial charge on any atom is 0.0831 e. The van der Waals surface area contributed by atoms with Gasteiger partial charge in [-0.2, -0.15) is 0 Å². The monoisotopic (exact) mass is 291 g/mol. The molecule has 118 valence electrons. The van der Waals surface area contributed by atoms with Gasteiger partial charge in [0.2, 0.25) is 0 Å². The molecule has 2 atom stereocenters. The number of nitrogens with one attached hydrogen (secondary N) is 1. The smallest absolute Gasteiger partial charge is 0.0831 e. The van der Waals surface area contributed by atoms with Crippen molar-refractivity contribution in [2.45, 2.75) is 45.8 Å². The van der Waals surface area contributed by atoms with Gasteiger partial charge in [0.15, 0.2) is 0 Å². The van der Waals surface area contributed by atoms with Gasteiger partial charge in [0.25, 0.3) is 0 Å². The summed E-state index contributed by atoms with van der Waals surface area (Å²) in [4.78, 5) is 0. The first-order valence-electron chi connectivity index (χ1n) is 8.20. The molecule has 0 saturated carbocycles. The van der Waals surface area contributed by atoms with E-state index < -0.39 is 0 Å². The highest BCUT2D eigenvalue weighted by molar-refractivity contribution is 5.25. The van der Waals surface area contributed by atoms with Crippen LogP contribution in [0.5, 0.6) is 0 Å². The lowest BCUT2D eigenvalue weighted by atomic mass is 9.99. The molecule has 1 heterocycles. The normalized spacial score (nSPS) is 20.1. The lowest BCUT2D eigenvalue weighted by molar-refractivity contribution is 0.0300. The topological polar surface area (TPSA) is 30.5 Å². The van der Waals surface area contributed by atoms with E-state index in [1.807, 2.05) is 0 Å². The van der Waals surface area contributed by atoms with Gasteiger partial charge in [0.05, 0.1) is 25.4 Å². The van der Waals surface area contributed by atoms with E-state index in [0.29, 0.717) is 12.5 Å². The zero-order valence-electron chi connectivity index (χ0n) is 13.6. The Labute approximate surface area is 129 Å². The van der Waals surface area contributed by atoms with Gasteiger partial charge < -0.3 is 14.8 Å². The fourth-order valence-electron chi connectivity index (χ4n) is 2.75. The molecule has 0 radical (unpaired) electrons. The average Bonchev–Trinajstić information content (AvgIpc) is 2.97. The van der Waals surface area contributed by atoms with Crippen LogP contribution in [0.15, 0.2) is 24.3 Å². The third kappa shape index (κ3) is 5.42. The third-order valence-corrected chi connectivity index (χ3v) is 3.86. The standard InChI is InChI=1S/C18H29NO2/c1-4-19-18(13-21-17-9-10-20-12-17)16-7-5-15(6-8-16)11-14(2)3/h5-8,14,17-19H,4,9-13H2,1-3H3. The zero-order chi connectivity index (χ0) is 15.1. The molecule has 1 aromatic rings. The molecule has 2 rings (SSSR count). The van der Waals surface area contributed by atoms with Gasteiger partial charge in [-0.15, -0.1) is 0 Å². The predicted octanol–water partition coefficient (Wildman–Crippen LogP) is 3.34. The molecule has 1 saturated heterocycles. The molecule has 0 spiro atoms. The molecule has 0 aromatic heterocycles. The molecule has 1 N–H and O–H groups in total. The molecule has 0 bridgehead atoms. The molecule has 0 amide bonds. The van der Waals surface area contributed by atoms with E-state index >= 15 is 0 Å². The maximum atomic E-state index is 5.98. The highest BCUT2D eigenvalue weighted by Gasteiger charge is 2.19. The highest BCUT2D eigenvalue weighted by atomic mass is 16.5. The molecule has 1 fully saturated rings. The van der Waals surface area contributed by atoms with Crippen molar-refractivity contribution in [3.8, 4) is 0 Å². The van der Waals surface area contributed by atoms with Crippen LogP contribution < -0.4 is 5.32 Å². The zero-order valence-corrected chi connectivity index (χ0v) is 13.6. The van der Waals surface area contributed by atoms with Crippen molar-refractivity contribution < 1.29 is 9.47 Å². The van der Waals surface area contributed by atoms with Gasteiger partial charge in [-0.25, -0.2) is 0 Å². The van der Waals surface area contributed by atoms with Crippen LogP contribution in [-0.4, -0.2) is 32.5 Å². The van der Waals surface area contributed by atoms with Crippen LogP contribution in [0.1, 0.15) is 44.4 Å². The Morgan fingerprint density at radius 1 is 1.29 bits per heavy atom. The average molecular weight is 291 g/mol. The van der Waals surface area contributed by atoms with Crippen LogP contribution in [0.2, 0.25) is 0 Å². The Bertz CT molecular complexity index is 396.